The van der Waals surface area contributed by atoms with Gasteiger partial charge in [-0.3, -0.25) is 4.79 Å². The zero-order valence-corrected chi connectivity index (χ0v) is 16.1. The summed E-state index contributed by atoms with van der Waals surface area (Å²) in [5.41, 5.74) is 3.49. The SMILES string of the molecule is O=C(c1ccc(NCc2ccccc2)cn1)N1CCN(c2ccc(F)cc2)CC1. The third-order valence-electron chi connectivity index (χ3n) is 5.08. The van der Waals surface area contributed by atoms with Crippen LogP contribution < -0.4 is 10.2 Å². The highest BCUT2D eigenvalue weighted by Gasteiger charge is 2.23. The van der Waals surface area contributed by atoms with Gasteiger partial charge in [0.1, 0.15) is 11.5 Å². The van der Waals surface area contributed by atoms with Crippen LogP contribution in [-0.4, -0.2) is 42.0 Å². The van der Waals surface area contributed by atoms with Gasteiger partial charge in [-0.2, -0.15) is 0 Å². The van der Waals surface area contributed by atoms with Crippen molar-refractivity contribution in [3.05, 3.63) is 90.0 Å². The fourth-order valence-electron chi connectivity index (χ4n) is 3.41. The summed E-state index contributed by atoms with van der Waals surface area (Å²) in [7, 11) is 0. The molecule has 0 saturated carbocycles. The van der Waals surface area contributed by atoms with Gasteiger partial charge in [0.2, 0.25) is 0 Å². The molecule has 0 radical (unpaired) electrons. The van der Waals surface area contributed by atoms with Crippen LogP contribution in [0.3, 0.4) is 0 Å². The van der Waals surface area contributed by atoms with Gasteiger partial charge in [0.25, 0.3) is 5.91 Å². The molecule has 0 aliphatic carbocycles. The molecule has 0 unspecified atom stereocenters. The number of nitrogens with zero attached hydrogens (tertiary/aromatic N) is 3. The Morgan fingerprint density at radius 1 is 0.931 bits per heavy atom. The van der Waals surface area contributed by atoms with Crippen molar-refractivity contribution in [3.63, 3.8) is 0 Å². The number of hydrogen-bond donors (Lipinski definition) is 1. The van der Waals surface area contributed by atoms with Crippen molar-refractivity contribution in [1.82, 2.24) is 9.88 Å². The molecule has 1 amide bonds. The monoisotopic (exact) mass is 390 g/mol. The van der Waals surface area contributed by atoms with Crippen molar-refractivity contribution in [3.8, 4) is 0 Å². The van der Waals surface area contributed by atoms with E-state index in [4.69, 9.17) is 0 Å². The number of pyridine rings is 1. The molecule has 6 heteroatoms. The molecule has 2 aromatic carbocycles. The van der Waals surface area contributed by atoms with Crippen molar-refractivity contribution in [1.29, 1.82) is 0 Å². The molecule has 1 aliphatic rings. The van der Waals surface area contributed by atoms with Gasteiger partial charge in [-0.25, -0.2) is 9.37 Å². The quantitative estimate of drug-likeness (QED) is 0.720. The molecule has 1 aliphatic heterocycles. The van der Waals surface area contributed by atoms with Gasteiger partial charge in [-0.05, 0) is 42.0 Å². The van der Waals surface area contributed by atoms with Crippen LogP contribution in [-0.2, 0) is 6.54 Å². The molecule has 29 heavy (non-hydrogen) atoms. The van der Waals surface area contributed by atoms with Crippen LogP contribution in [0.1, 0.15) is 16.1 Å². The van der Waals surface area contributed by atoms with Crippen molar-refractivity contribution >= 4 is 17.3 Å². The highest BCUT2D eigenvalue weighted by molar-refractivity contribution is 5.92. The number of carbonyl (C=O) groups excluding carboxylic acids is 1. The second-order valence-corrected chi connectivity index (χ2v) is 7.03. The molecule has 1 N–H and O–H groups in total. The minimum absolute atomic E-state index is 0.0571. The third-order valence-corrected chi connectivity index (χ3v) is 5.08. The summed E-state index contributed by atoms with van der Waals surface area (Å²) >= 11 is 0. The Morgan fingerprint density at radius 3 is 2.31 bits per heavy atom. The minimum Gasteiger partial charge on any atom is -0.380 e. The number of nitrogens with one attached hydrogen (secondary N) is 1. The van der Waals surface area contributed by atoms with Crippen molar-refractivity contribution in [2.75, 3.05) is 36.4 Å². The van der Waals surface area contributed by atoms with E-state index in [9.17, 15) is 9.18 Å². The average Bonchev–Trinajstić information content (AvgIpc) is 2.79. The van der Waals surface area contributed by atoms with E-state index >= 15 is 0 Å². The fourth-order valence-corrected chi connectivity index (χ4v) is 3.41. The largest absolute Gasteiger partial charge is 0.380 e. The maximum Gasteiger partial charge on any atom is 0.272 e. The molecule has 1 saturated heterocycles. The first-order valence-corrected chi connectivity index (χ1v) is 9.73. The number of carbonyl (C=O) groups is 1. The smallest absolute Gasteiger partial charge is 0.272 e. The van der Waals surface area contributed by atoms with Crippen LogP contribution in [0.15, 0.2) is 72.9 Å². The highest BCUT2D eigenvalue weighted by atomic mass is 19.1. The number of amides is 1. The van der Waals surface area contributed by atoms with Crippen LogP contribution >= 0.6 is 0 Å². The van der Waals surface area contributed by atoms with Gasteiger partial charge in [0.15, 0.2) is 0 Å². The first kappa shape index (κ1) is 18.9. The van der Waals surface area contributed by atoms with Crippen molar-refractivity contribution < 1.29 is 9.18 Å². The van der Waals surface area contributed by atoms with Crippen molar-refractivity contribution in [2.24, 2.45) is 0 Å². The number of aromatic nitrogens is 1. The Balaban J connectivity index is 1.31. The Bertz CT molecular complexity index is 937. The molecule has 2 heterocycles. The van der Waals surface area contributed by atoms with Crippen LogP contribution in [0, 0.1) is 5.82 Å². The number of benzene rings is 2. The number of piperazine rings is 1. The standard InChI is InChI=1S/C23H23FN4O/c24-19-6-9-21(10-7-19)27-12-14-28(15-13-27)23(29)22-11-8-20(17-26-22)25-16-18-4-2-1-3-5-18/h1-11,17,25H,12-16H2. The van der Waals surface area contributed by atoms with Gasteiger partial charge in [0.05, 0.1) is 11.9 Å². The first-order valence-electron chi connectivity index (χ1n) is 9.73. The Kier molecular flexibility index (Phi) is 5.70. The molecule has 5 nitrogen and oxygen atoms in total. The highest BCUT2D eigenvalue weighted by Crippen LogP contribution is 2.18. The van der Waals surface area contributed by atoms with E-state index in [0.717, 1.165) is 11.4 Å². The van der Waals surface area contributed by atoms with E-state index in [0.29, 0.717) is 38.4 Å². The van der Waals surface area contributed by atoms with Gasteiger partial charge < -0.3 is 15.1 Å². The van der Waals surface area contributed by atoms with E-state index in [1.54, 1.807) is 24.4 Å². The summed E-state index contributed by atoms with van der Waals surface area (Å²) in [6, 6.07) is 20.2. The summed E-state index contributed by atoms with van der Waals surface area (Å²) in [5.74, 6) is -0.297. The molecular formula is C23H23FN4O. The van der Waals surface area contributed by atoms with E-state index in [2.05, 4.69) is 27.3 Å². The van der Waals surface area contributed by atoms with E-state index in [1.807, 2.05) is 29.2 Å². The molecule has 1 fully saturated rings. The number of rotatable bonds is 5. The fraction of sp³-hybridized carbons (Fsp3) is 0.217. The first-order chi connectivity index (χ1) is 14.2. The molecular weight excluding hydrogens is 367 g/mol. The average molecular weight is 390 g/mol. The Labute approximate surface area is 169 Å². The number of hydrogen-bond acceptors (Lipinski definition) is 4. The van der Waals surface area contributed by atoms with Crippen LogP contribution in [0.2, 0.25) is 0 Å². The Morgan fingerprint density at radius 2 is 1.66 bits per heavy atom. The lowest BCUT2D eigenvalue weighted by Gasteiger charge is -2.36. The molecule has 0 bridgehead atoms. The third kappa shape index (κ3) is 4.71. The summed E-state index contributed by atoms with van der Waals surface area (Å²) in [5, 5.41) is 3.31. The molecule has 148 valence electrons. The summed E-state index contributed by atoms with van der Waals surface area (Å²) in [6.45, 7) is 3.38. The molecule has 0 atom stereocenters. The van der Waals surface area contributed by atoms with Gasteiger partial charge in [-0.1, -0.05) is 30.3 Å². The van der Waals surface area contributed by atoms with Gasteiger partial charge >= 0.3 is 0 Å². The van der Waals surface area contributed by atoms with Gasteiger partial charge in [-0.15, -0.1) is 0 Å². The molecule has 0 spiro atoms. The predicted octanol–water partition coefficient (Wildman–Crippen LogP) is 3.80. The lowest BCUT2D eigenvalue weighted by molar-refractivity contribution is 0.0741. The summed E-state index contributed by atoms with van der Waals surface area (Å²) < 4.78 is 13.1. The molecule has 3 aromatic rings. The predicted molar refractivity (Wildman–Crippen MR) is 113 cm³/mol. The van der Waals surface area contributed by atoms with Crippen LogP contribution in [0.4, 0.5) is 15.8 Å². The molecule has 4 rings (SSSR count). The topological polar surface area (TPSA) is 48.5 Å². The normalized spacial score (nSPS) is 14.0. The summed E-state index contributed by atoms with van der Waals surface area (Å²) in [6.07, 6.45) is 1.70. The lowest BCUT2D eigenvalue weighted by atomic mass is 10.2. The maximum atomic E-state index is 13.1. The zero-order valence-electron chi connectivity index (χ0n) is 16.1. The lowest BCUT2D eigenvalue weighted by Crippen LogP contribution is -2.49. The maximum absolute atomic E-state index is 13.1. The van der Waals surface area contributed by atoms with Gasteiger partial charge in [0, 0.05) is 38.4 Å². The van der Waals surface area contributed by atoms with Crippen molar-refractivity contribution in [2.45, 2.75) is 6.54 Å². The summed E-state index contributed by atoms with van der Waals surface area (Å²) in [4.78, 5) is 21.1. The van der Waals surface area contributed by atoms with E-state index < -0.39 is 0 Å². The Hall–Kier alpha value is -3.41. The van der Waals surface area contributed by atoms with E-state index in [1.165, 1.54) is 17.7 Å². The van der Waals surface area contributed by atoms with Crippen LogP contribution in [0.25, 0.3) is 0 Å². The van der Waals surface area contributed by atoms with Crippen LogP contribution in [0.5, 0.6) is 0 Å². The second kappa shape index (κ2) is 8.73. The zero-order chi connectivity index (χ0) is 20.1. The minimum atomic E-state index is -0.240. The molecule has 1 aromatic heterocycles. The number of halogens is 1. The second-order valence-electron chi connectivity index (χ2n) is 7.03. The van der Waals surface area contributed by atoms with E-state index in [-0.39, 0.29) is 11.7 Å². The number of anilines is 2.